The zero-order valence-corrected chi connectivity index (χ0v) is 17.6. The summed E-state index contributed by atoms with van der Waals surface area (Å²) >= 11 is 0. The largest absolute Gasteiger partial charge is 0.440 e. The fraction of sp³-hybridized carbons (Fsp3) is 0.174. The van der Waals surface area contributed by atoms with E-state index < -0.39 is 15.8 Å². The molecule has 2 N–H and O–H groups in total. The molecule has 0 aromatic heterocycles. The van der Waals surface area contributed by atoms with E-state index in [0.717, 1.165) is 16.7 Å². The average molecular weight is 445 g/mol. The number of nitro groups is 2. The van der Waals surface area contributed by atoms with Crippen molar-refractivity contribution in [1.82, 2.24) is 4.90 Å². The number of nitro benzene ring substituents is 2. The van der Waals surface area contributed by atoms with Crippen molar-refractivity contribution in [2.75, 3.05) is 20.1 Å². The van der Waals surface area contributed by atoms with E-state index in [-0.39, 0.29) is 22.8 Å². The Morgan fingerprint density at radius 1 is 1.06 bits per heavy atom. The van der Waals surface area contributed by atoms with Gasteiger partial charge in [0.05, 0.1) is 15.8 Å². The molecule has 166 valence electrons. The van der Waals surface area contributed by atoms with Crippen LogP contribution in [-0.2, 0) is 4.74 Å². The van der Waals surface area contributed by atoms with Crippen molar-refractivity contribution in [2.24, 2.45) is 5.73 Å². The summed E-state index contributed by atoms with van der Waals surface area (Å²) in [5.74, 6) is 0.0209. The zero-order chi connectivity index (χ0) is 23.7. The summed E-state index contributed by atoms with van der Waals surface area (Å²) in [6.45, 7) is 1.05. The molecule has 0 bridgehead atoms. The maximum absolute atomic E-state index is 11.1. The van der Waals surface area contributed by atoms with Gasteiger partial charge >= 0.3 is 0 Å². The molecule has 2 aliphatic rings. The van der Waals surface area contributed by atoms with Gasteiger partial charge in [0.2, 0.25) is 5.88 Å². The quantitative estimate of drug-likeness (QED) is 0.554. The van der Waals surface area contributed by atoms with Crippen molar-refractivity contribution in [1.29, 1.82) is 5.26 Å². The molecule has 0 amide bonds. The first-order chi connectivity index (χ1) is 15.8. The van der Waals surface area contributed by atoms with Gasteiger partial charge in [0, 0.05) is 42.9 Å². The molecule has 0 saturated carbocycles. The molecule has 1 unspecified atom stereocenters. The molecule has 0 saturated heterocycles. The van der Waals surface area contributed by atoms with E-state index >= 15 is 0 Å². The minimum atomic E-state index is -0.512. The number of ether oxygens (including phenoxy) is 1. The molecule has 0 fully saturated rings. The summed E-state index contributed by atoms with van der Waals surface area (Å²) in [5, 5.41) is 31.8. The van der Waals surface area contributed by atoms with Gasteiger partial charge in [0.15, 0.2) is 0 Å². The lowest BCUT2D eigenvalue weighted by Crippen LogP contribution is -2.35. The molecule has 1 atom stereocenters. The number of nitrogens with zero attached hydrogens (tertiary/aromatic N) is 4. The van der Waals surface area contributed by atoms with Gasteiger partial charge in [-0.15, -0.1) is 0 Å². The Bertz CT molecular complexity index is 1270. The number of rotatable bonds is 4. The highest BCUT2D eigenvalue weighted by Gasteiger charge is 2.37. The maximum Gasteiger partial charge on any atom is 0.269 e. The Labute approximate surface area is 188 Å². The minimum absolute atomic E-state index is 0.00388. The van der Waals surface area contributed by atoms with Crippen LogP contribution in [0.2, 0.25) is 0 Å². The molecule has 2 aromatic carbocycles. The summed E-state index contributed by atoms with van der Waals surface area (Å²) in [6.07, 6.45) is 1.87. The van der Waals surface area contributed by atoms with Gasteiger partial charge in [-0.1, -0.05) is 12.1 Å². The SMILES string of the molecule is CN1CC2=C(OC(N)=C(C#N)C2c2ccc([N+](=O)[O-])cc2)/C(=C/c2ccc([N+](=O)[O-])cc2)C1. The number of nitrogens with two attached hydrogens (primary N) is 1. The Hall–Kier alpha value is -4.49. The van der Waals surface area contributed by atoms with E-state index in [2.05, 4.69) is 6.07 Å². The molecule has 0 aliphatic carbocycles. The summed E-state index contributed by atoms with van der Waals surface area (Å²) in [6, 6.07) is 14.3. The third-order valence-electron chi connectivity index (χ3n) is 5.58. The van der Waals surface area contributed by atoms with Crippen molar-refractivity contribution in [2.45, 2.75) is 5.92 Å². The Kier molecular flexibility index (Phi) is 5.64. The Morgan fingerprint density at radius 2 is 1.64 bits per heavy atom. The van der Waals surface area contributed by atoms with Gasteiger partial charge < -0.3 is 10.5 Å². The Balaban J connectivity index is 1.81. The normalized spacial score (nSPS) is 19.6. The van der Waals surface area contributed by atoms with Crippen LogP contribution in [0.1, 0.15) is 17.0 Å². The van der Waals surface area contributed by atoms with Crippen molar-refractivity contribution < 1.29 is 14.6 Å². The standard InChI is InChI=1S/C23H19N5O5/c1-26-12-16(10-14-2-6-17(7-3-14)27(29)30)22-20(13-26)21(19(11-24)23(25)33-22)15-4-8-18(9-5-15)28(31)32/h2-10,21H,12-13,25H2,1H3/b16-10+. The molecule has 0 spiro atoms. The number of hydrogen-bond donors (Lipinski definition) is 1. The van der Waals surface area contributed by atoms with Crippen LogP contribution < -0.4 is 5.73 Å². The second kappa shape index (κ2) is 8.57. The van der Waals surface area contributed by atoms with Crippen LogP contribution >= 0.6 is 0 Å². The Morgan fingerprint density at radius 3 is 2.18 bits per heavy atom. The van der Waals surface area contributed by atoms with Gasteiger partial charge in [-0.2, -0.15) is 5.26 Å². The molecule has 10 heteroatoms. The lowest BCUT2D eigenvalue weighted by molar-refractivity contribution is -0.385. The van der Waals surface area contributed by atoms with E-state index in [9.17, 15) is 25.5 Å². The predicted octanol–water partition coefficient (Wildman–Crippen LogP) is 3.59. The topological polar surface area (TPSA) is 149 Å². The first-order valence-corrected chi connectivity index (χ1v) is 9.97. The van der Waals surface area contributed by atoms with Crippen LogP contribution in [-0.4, -0.2) is 34.9 Å². The fourth-order valence-electron chi connectivity index (χ4n) is 4.10. The number of nitriles is 1. The number of non-ortho nitro benzene ring substituents is 2. The second-order valence-corrected chi connectivity index (χ2v) is 7.82. The van der Waals surface area contributed by atoms with Gasteiger partial charge in [-0.05, 0) is 42.0 Å². The predicted molar refractivity (Wildman–Crippen MR) is 119 cm³/mol. The highest BCUT2D eigenvalue weighted by atomic mass is 16.6. The van der Waals surface area contributed by atoms with Crippen molar-refractivity contribution >= 4 is 17.5 Å². The third kappa shape index (κ3) is 4.17. The number of benzene rings is 2. The zero-order valence-electron chi connectivity index (χ0n) is 17.6. The van der Waals surface area contributed by atoms with Crippen LogP contribution in [0.15, 0.2) is 76.9 Å². The van der Waals surface area contributed by atoms with Crippen molar-refractivity contribution in [3.8, 4) is 6.07 Å². The summed E-state index contributed by atoms with van der Waals surface area (Å²) in [4.78, 5) is 23.1. The molecule has 33 heavy (non-hydrogen) atoms. The van der Waals surface area contributed by atoms with Gasteiger partial charge in [0.25, 0.3) is 11.4 Å². The lowest BCUT2D eigenvalue weighted by Gasteiger charge is -2.36. The van der Waals surface area contributed by atoms with E-state index in [1.54, 1.807) is 24.3 Å². The van der Waals surface area contributed by atoms with Crippen LogP contribution in [0.5, 0.6) is 0 Å². The van der Waals surface area contributed by atoms with Crippen molar-refractivity contribution in [3.63, 3.8) is 0 Å². The van der Waals surface area contributed by atoms with Crippen LogP contribution in [0.4, 0.5) is 11.4 Å². The highest BCUT2D eigenvalue weighted by molar-refractivity contribution is 5.63. The van der Waals surface area contributed by atoms with Crippen LogP contribution in [0.3, 0.4) is 0 Å². The molecule has 2 aromatic rings. The second-order valence-electron chi connectivity index (χ2n) is 7.82. The summed E-state index contributed by atoms with van der Waals surface area (Å²) < 4.78 is 5.91. The summed E-state index contributed by atoms with van der Waals surface area (Å²) in [7, 11) is 1.92. The van der Waals surface area contributed by atoms with E-state index in [1.165, 1.54) is 24.3 Å². The molecule has 4 rings (SSSR count). The molecular formula is C23H19N5O5. The first kappa shape index (κ1) is 21.7. The van der Waals surface area contributed by atoms with Gasteiger partial charge in [-0.25, -0.2) is 0 Å². The minimum Gasteiger partial charge on any atom is -0.440 e. The lowest BCUT2D eigenvalue weighted by atomic mass is 9.80. The number of likely N-dealkylation sites (N-methyl/N-ethyl adjacent to an activating group) is 1. The molecule has 2 aliphatic heterocycles. The van der Waals surface area contributed by atoms with Crippen molar-refractivity contribution in [3.05, 3.63) is 108 Å². The molecular weight excluding hydrogens is 426 g/mol. The monoisotopic (exact) mass is 445 g/mol. The van der Waals surface area contributed by atoms with Gasteiger partial charge in [-0.3, -0.25) is 25.1 Å². The smallest absolute Gasteiger partial charge is 0.269 e. The first-order valence-electron chi connectivity index (χ1n) is 9.97. The highest BCUT2D eigenvalue weighted by Crippen LogP contribution is 2.43. The van der Waals surface area contributed by atoms with Gasteiger partial charge in [0.1, 0.15) is 17.4 Å². The molecule has 0 radical (unpaired) electrons. The fourth-order valence-corrected chi connectivity index (χ4v) is 4.10. The average Bonchev–Trinajstić information content (AvgIpc) is 2.79. The number of allylic oxidation sites excluding steroid dienone is 1. The third-order valence-corrected chi connectivity index (χ3v) is 5.58. The van der Waals surface area contributed by atoms with Crippen LogP contribution in [0.25, 0.3) is 6.08 Å². The molecule has 2 heterocycles. The van der Waals surface area contributed by atoms with E-state index in [0.29, 0.717) is 24.4 Å². The van der Waals surface area contributed by atoms with E-state index in [1.807, 2.05) is 18.0 Å². The number of hydrogen-bond acceptors (Lipinski definition) is 8. The summed E-state index contributed by atoms with van der Waals surface area (Å²) in [5.41, 5.74) is 9.38. The van der Waals surface area contributed by atoms with Crippen LogP contribution in [0, 0.1) is 31.6 Å². The maximum atomic E-state index is 11.1. The molecule has 10 nitrogen and oxygen atoms in total. The van der Waals surface area contributed by atoms with E-state index in [4.69, 9.17) is 10.5 Å².